The van der Waals surface area contributed by atoms with E-state index in [1.54, 1.807) is 0 Å². The summed E-state index contributed by atoms with van der Waals surface area (Å²) in [6.07, 6.45) is 5.26. The van der Waals surface area contributed by atoms with Crippen LogP contribution in [-0.4, -0.2) is 41.3 Å². The van der Waals surface area contributed by atoms with Crippen molar-refractivity contribution in [2.45, 2.75) is 52.9 Å². The van der Waals surface area contributed by atoms with Gasteiger partial charge >= 0.3 is 0 Å². The maximum Gasteiger partial charge on any atom is 0.210 e. The molecule has 1 aromatic carbocycles. The van der Waals surface area contributed by atoms with E-state index in [2.05, 4.69) is 70.5 Å². The molecule has 0 amide bonds. The van der Waals surface area contributed by atoms with Gasteiger partial charge in [0.2, 0.25) is 5.78 Å². The molecule has 0 spiro atoms. The molecule has 0 radical (unpaired) electrons. The Kier molecular flexibility index (Phi) is 9.59. The number of benzene rings is 1. The predicted molar refractivity (Wildman–Crippen MR) is 144 cm³/mol. The zero-order valence-corrected chi connectivity index (χ0v) is 23.2. The molecule has 0 fully saturated rings. The lowest BCUT2D eigenvalue weighted by Gasteiger charge is -2.21. The van der Waals surface area contributed by atoms with Crippen molar-refractivity contribution in [3.8, 4) is 5.75 Å². The molecule has 0 N–H and O–H groups in total. The number of fused-ring (bicyclic) bond motifs is 1. The molecular weight excluding hydrogens is 544 g/mol. The van der Waals surface area contributed by atoms with Gasteiger partial charge in [0, 0.05) is 23.8 Å². The second-order valence-corrected chi connectivity index (χ2v) is 10.4. The Morgan fingerprint density at radius 2 is 1.70 bits per heavy atom. The normalized spacial score (nSPS) is 11.6. The van der Waals surface area contributed by atoms with Crippen LogP contribution in [0.15, 0.2) is 51.5 Å². The number of aromatic nitrogens is 1. The number of rotatable bonds is 12. The smallest absolute Gasteiger partial charge is 0.210 e. The third-order valence-corrected chi connectivity index (χ3v) is 6.93. The van der Waals surface area contributed by atoms with Crippen molar-refractivity contribution in [2.75, 3.05) is 26.2 Å². The number of pyridine rings is 1. The Labute approximate surface area is 214 Å². The molecule has 3 rings (SSSR count). The van der Waals surface area contributed by atoms with Crippen molar-refractivity contribution in [1.29, 1.82) is 0 Å². The molecule has 6 heteroatoms. The topological polar surface area (TPSA) is 34.0 Å². The average Bonchev–Trinajstić information content (AvgIpc) is 3.17. The van der Waals surface area contributed by atoms with Crippen LogP contribution in [0, 0.1) is 0 Å². The lowest BCUT2D eigenvalue weighted by Crippen LogP contribution is -2.27. The van der Waals surface area contributed by atoms with Crippen molar-refractivity contribution in [2.24, 2.45) is 0 Å². The first-order valence-corrected chi connectivity index (χ1v) is 13.4. The van der Waals surface area contributed by atoms with Crippen molar-refractivity contribution >= 4 is 43.2 Å². The van der Waals surface area contributed by atoms with Gasteiger partial charge in [0.05, 0.1) is 21.2 Å². The summed E-state index contributed by atoms with van der Waals surface area (Å²) in [4.78, 5) is 16.1. The fourth-order valence-corrected chi connectivity index (χ4v) is 5.64. The van der Waals surface area contributed by atoms with E-state index < -0.39 is 0 Å². The van der Waals surface area contributed by atoms with E-state index in [9.17, 15) is 4.79 Å². The van der Waals surface area contributed by atoms with Crippen molar-refractivity contribution in [3.05, 3.63) is 68.4 Å². The first-order chi connectivity index (χ1) is 15.9. The molecule has 0 aliphatic carbocycles. The maximum atomic E-state index is 13.6. The van der Waals surface area contributed by atoms with Gasteiger partial charge in [-0.3, -0.25) is 4.79 Å². The summed E-state index contributed by atoms with van der Waals surface area (Å²) in [5, 5.41) is 0. The van der Waals surface area contributed by atoms with Crippen LogP contribution < -0.4 is 4.74 Å². The zero-order chi connectivity index (χ0) is 24.0. The molecular formula is C27H34Br2N2O2. The Bertz CT molecular complexity index is 1060. The highest BCUT2D eigenvalue weighted by Crippen LogP contribution is 2.36. The van der Waals surface area contributed by atoms with Crippen LogP contribution in [0.1, 0.15) is 74.5 Å². The summed E-state index contributed by atoms with van der Waals surface area (Å²) in [7, 11) is 0. The van der Waals surface area contributed by atoms with Gasteiger partial charge in [0.15, 0.2) is 0 Å². The lowest BCUT2D eigenvalue weighted by atomic mass is 9.98. The van der Waals surface area contributed by atoms with Crippen LogP contribution in [-0.2, 0) is 0 Å². The number of ketones is 1. The number of nitrogens with zero attached hydrogens (tertiary/aromatic N) is 2. The lowest BCUT2D eigenvalue weighted by molar-refractivity contribution is 0.103. The minimum absolute atomic E-state index is 0.00706. The van der Waals surface area contributed by atoms with Gasteiger partial charge in [-0.15, -0.1) is 0 Å². The van der Waals surface area contributed by atoms with Crippen LogP contribution in [0.4, 0.5) is 0 Å². The highest BCUT2D eigenvalue weighted by molar-refractivity contribution is 9.11. The second kappa shape index (κ2) is 12.2. The molecule has 4 nitrogen and oxygen atoms in total. The van der Waals surface area contributed by atoms with E-state index >= 15 is 0 Å². The van der Waals surface area contributed by atoms with E-state index in [0.29, 0.717) is 12.2 Å². The van der Waals surface area contributed by atoms with Gasteiger partial charge in [0.25, 0.3) is 0 Å². The first-order valence-electron chi connectivity index (χ1n) is 11.9. The highest BCUT2D eigenvalue weighted by Gasteiger charge is 2.22. The van der Waals surface area contributed by atoms with Crippen LogP contribution in [0.5, 0.6) is 5.75 Å². The van der Waals surface area contributed by atoms with Gasteiger partial charge in [-0.2, -0.15) is 0 Å². The molecule has 0 saturated carbocycles. The highest BCUT2D eigenvalue weighted by atomic mass is 79.9. The fraction of sp³-hybridized carbons (Fsp3) is 0.444. The van der Waals surface area contributed by atoms with Gasteiger partial charge in [-0.05, 0) is 106 Å². The Balaban J connectivity index is 1.77. The third-order valence-electron chi connectivity index (χ3n) is 5.75. The van der Waals surface area contributed by atoms with Gasteiger partial charge < -0.3 is 14.0 Å². The molecule has 0 atom stereocenters. The largest absolute Gasteiger partial charge is 0.491 e. The molecule has 0 aliphatic heterocycles. The van der Waals surface area contributed by atoms with Crippen molar-refractivity contribution in [1.82, 2.24) is 9.30 Å². The Morgan fingerprint density at radius 1 is 1.03 bits per heavy atom. The van der Waals surface area contributed by atoms with E-state index in [0.717, 1.165) is 57.5 Å². The predicted octanol–water partition coefficient (Wildman–Crippen LogP) is 7.71. The average molecular weight is 578 g/mol. The van der Waals surface area contributed by atoms with E-state index in [1.165, 1.54) is 12.8 Å². The minimum atomic E-state index is 0.00706. The summed E-state index contributed by atoms with van der Waals surface area (Å²) >= 11 is 7.27. The van der Waals surface area contributed by atoms with E-state index in [1.807, 2.05) is 40.9 Å². The fourth-order valence-electron chi connectivity index (χ4n) is 4.22. The minimum Gasteiger partial charge on any atom is -0.491 e. The number of hydrogen-bond donors (Lipinski definition) is 0. The third kappa shape index (κ3) is 6.28. The monoisotopic (exact) mass is 576 g/mol. The zero-order valence-electron chi connectivity index (χ0n) is 20.0. The van der Waals surface area contributed by atoms with Gasteiger partial charge in [-0.1, -0.05) is 33.8 Å². The number of ether oxygens (including phenoxy) is 1. The number of carbonyl (C=O) groups is 1. The molecule has 33 heavy (non-hydrogen) atoms. The van der Waals surface area contributed by atoms with Crippen molar-refractivity contribution < 1.29 is 9.53 Å². The summed E-state index contributed by atoms with van der Waals surface area (Å²) in [6.45, 7) is 12.6. The summed E-state index contributed by atoms with van der Waals surface area (Å²) in [5.74, 6) is 0.999. The summed E-state index contributed by atoms with van der Waals surface area (Å²) in [6, 6.07) is 11.8. The first kappa shape index (κ1) is 26.0. The van der Waals surface area contributed by atoms with Gasteiger partial charge in [-0.25, -0.2) is 0 Å². The molecule has 0 saturated heterocycles. The Morgan fingerprint density at radius 3 is 2.30 bits per heavy atom. The molecule has 2 heterocycles. The molecule has 0 unspecified atom stereocenters. The molecule has 0 aliphatic rings. The molecule has 178 valence electrons. The number of halogens is 2. The summed E-state index contributed by atoms with van der Waals surface area (Å²) in [5.41, 5.74) is 3.44. The number of hydrogen-bond acceptors (Lipinski definition) is 3. The van der Waals surface area contributed by atoms with Crippen LogP contribution in [0.25, 0.3) is 5.52 Å². The van der Waals surface area contributed by atoms with E-state index in [4.69, 9.17) is 4.74 Å². The van der Waals surface area contributed by atoms with E-state index in [-0.39, 0.29) is 11.7 Å². The second-order valence-electron chi connectivity index (χ2n) is 8.74. The van der Waals surface area contributed by atoms with Crippen LogP contribution in [0.3, 0.4) is 0 Å². The number of carbonyl (C=O) groups excluding carboxylic acids is 1. The van der Waals surface area contributed by atoms with Crippen molar-refractivity contribution in [3.63, 3.8) is 0 Å². The quantitative estimate of drug-likeness (QED) is 0.163. The molecule has 2 aromatic heterocycles. The van der Waals surface area contributed by atoms with Gasteiger partial charge in [0.1, 0.15) is 5.75 Å². The van der Waals surface area contributed by atoms with Crippen LogP contribution >= 0.6 is 31.9 Å². The summed E-state index contributed by atoms with van der Waals surface area (Å²) < 4.78 is 9.65. The standard InChI is InChI=1S/C27H34Br2N2O2/c1-5-11-30(12-6-2)13-9-15-33-27-23(28)16-20(17-24(27)29)26(32)25-22(19(3)4)18-21-10-7-8-14-31(21)25/h7-8,10,14,16-19H,5-6,9,11-13,15H2,1-4H3. The molecule has 0 bridgehead atoms. The van der Waals surface area contributed by atoms with Crippen LogP contribution in [0.2, 0.25) is 0 Å². The maximum absolute atomic E-state index is 13.6. The Hall–Kier alpha value is -1.63. The SMILES string of the molecule is CCCN(CCC)CCCOc1c(Br)cc(C(=O)c2c(C(C)C)cc3ccccn23)cc1Br. The molecule has 3 aromatic rings.